The molecule has 6 heteroatoms. The van der Waals surface area contributed by atoms with Crippen molar-refractivity contribution < 1.29 is 14.3 Å². The van der Waals surface area contributed by atoms with Crippen LogP contribution in [0.2, 0.25) is 0 Å². The molecule has 168 valence electrons. The Morgan fingerprint density at radius 3 is 2.26 bits per heavy atom. The van der Waals surface area contributed by atoms with Gasteiger partial charge in [-0.25, -0.2) is 0 Å². The molecule has 0 aliphatic heterocycles. The van der Waals surface area contributed by atoms with Crippen molar-refractivity contribution in [2.45, 2.75) is 58.0 Å². The summed E-state index contributed by atoms with van der Waals surface area (Å²) in [5.74, 6) is 1.77. The Labute approximate surface area is 190 Å². The number of rotatable bonds is 12. The summed E-state index contributed by atoms with van der Waals surface area (Å²) in [4.78, 5) is 27.8. The number of carbonyl (C=O) groups is 2. The summed E-state index contributed by atoms with van der Waals surface area (Å²) in [6, 6.07) is 17.3. The number of ether oxygens (including phenoxy) is 1. The molecular formula is C25H34N2O3S. The zero-order chi connectivity index (χ0) is 22.6. The smallest absolute Gasteiger partial charge is 0.243 e. The van der Waals surface area contributed by atoms with Crippen LogP contribution in [0.15, 0.2) is 54.6 Å². The van der Waals surface area contributed by atoms with Gasteiger partial charge in [0.2, 0.25) is 11.8 Å². The van der Waals surface area contributed by atoms with E-state index in [1.807, 2.05) is 75.4 Å². The molecule has 0 spiro atoms. The van der Waals surface area contributed by atoms with Gasteiger partial charge in [-0.2, -0.15) is 0 Å². The molecular weight excluding hydrogens is 408 g/mol. The highest BCUT2D eigenvalue weighted by atomic mass is 32.2. The van der Waals surface area contributed by atoms with Crippen LogP contribution in [-0.4, -0.2) is 41.7 Å². The summed E-state index contributed by atoms with van der Waals surface area (Å²) in [6.07, 6.45) is 1.43. The number of hydrogen-bond acceptors (Lipinski definition) is 4. The van der Waals surface area contributed by atoms with Crippen LogP contribution in [0.25, 0.3) is 0 Å². The molecule has 2 amide bonds. The molecule has 0 aromatic heterocycles. The van der Waals surface area contributed by atoms with E-state index in [0.29, 0.717) is 18.7 Å². The van der Waals surface area contributed by atoms with Gasteiger partial charge in [-0.05, 0) is 43.0 Å². The van der Waals surface area contributed by atoms with Crippen molar-refractivity contribution in [1.82, 2.24) is 10.2 Å². The van der Waals surface area contributed by atoms with Gasteiger partial charge >= 0.3 is 0 Å². The molecule has 0 fully saturated rings. The van der Waals surface area contributed by atoms with Crippen LogP contribution >= 0.6 is 11.8 Å². The van der Waals surface area contributed by atoms with Crippen LogP contribution < -0.4 is 10.1 Å². The van der Waals surface area contributed by atoms with E-state index in [-0.39, 0.29) is 17.9 Å². The molecule has 0 radical (unpaired) electrons. The quantitative estimate of drug-likeness (QED) is 0.520. The highest BCUT2D eigenvalue weighted by molar-refractivity contribution is 7.99. The van der Waals surface area contributed by atoms with Crippen molar-refractivity contribution in [3.63, 3.8) is 0 Å². The number of nitrogens with one attached hydrogen (secondary N) is 1. The third kappa shape index (κ3) is 7.94. The Morgan fingerprint density at radius 2 is 1.68 bits per heavy atom. The lowest BCUT2D eigenvalue weighted by Gasteiger charge is -2.31. The normalized spacial score (nSPS) is 12.6. The maximum absolute atomic E-state index is 13.2. The summed E-state index contributed by atoms with van der Waals surface area (Å²) in [6.45, 7) is 6.40. The largest absolute Gasteiger partial charge is 0.497 e. The number of thioether (sulfide) groups is 1. The van der Waals surface area contributed by atoms with Gasteiger partial charge in [-0.3, -0.25) is 9.59 Å². The van der Waals surface area contributed by atoms with Crippen molar-refractivity contribution in [2.75, 3.05) is 12.9 Å². The summed E-state index contributed by atoms with van der Waals surface area (Å²) >= 11 is 1.56. The van der Waals surface area contributed by atoms with Gasteiger partial charge in [0.05, 0.1) is 12.9 Å². The topological polar surface area (TPSA) is 58.6 Å². The van der Waals surface area contributed by atoms with Gasteiger partial charge in [0.1, 0.15) is 11.8 Å². The van der Waals surface area contributed by atoms with E-state index in [9.17, 15) is 9.59 Å². The fourth-order valence-electron chi connectivity index (χ4n) is 3.20. The maximum atomic E-state index is 13.2. The fourth-order valence-corrected chi connectivity index (χ4v) is 4.07. The second-order valence-electron chi connectivity index (χ2n) is 7.59. The molecule has 0 aliphatic rings. The van der Waals surface area contributed by atoms with Crippen LogP contribution in [0.5, 0.6) is 5.75 Å². The first-order valence-corrected chi connectivity index (χ1v) is 12.0. The highest BCUT2D eigenvalue weighted by Crippen LogP contribution is 2.19. The first-order chi connectivity index (χ1) is 15.0. The van der Waals surface area contributed by atoms with Crippen LogP contribution in [0.4, 0.5) is 0 Å². The lowest BCUT2D eigenvalue weighted by Crippen LogP contribution is -2.51. The average Bonchev–Trinajstić information content (AvgIpc) is 2.79. The third-order valence-electron chi connectivity index (χ3n) is 5.24. The first kappa shape index (κ1) is 24.8. The minimum atomic E-state index is -0.483. The zero-order valence-corrected chi connectivity index (χ0v) is 19.8. The Balaban J connectivity index is 2.08. The molecule has 2 aromatic rings. The molecule has 0 saturated heterocycles. The molecule has 2 aromatic carbocycles. The van der Waals surface area contributed by atoms with Crippen molar-refractivity contribution in [3.8, 4) is 5.75 Å². The average molecular weight is 443 g/mol. The number of amides is 2. The standard InChI is InChI=1S/C25H34N2O3S/c1-5-19(3)26-25(29)23(6-2)27(16-20-10-8-7-9-11-20)24(28)18-31-17-21-12-14-22(30-4)15-13-21/h7-15,19,23H,5-6,16-18H2,1-4H3,(H,26,29)/t19-,23+/m1/s1. The Morgan fingerprint density at radius 1 is 1.00 bits per heavy atom. The molecule has 2 rings (SSSR count). The molecule has 0 bridgehead atoms. The van der Waals surface area contributed by atoms with Crippen molar-refractivity contribution in [2.24, 2.45) is 0 Å². The Kier molecular flexibility index (Phi) is 10.4. The monoisotopic (exact) mass is 442 g/mol. The summed E-state index contributed by atoms with van der Waals surface area (Å²) in [5.41, 5.74) is 2.15. The third-order valence-corrected chi connectivity index (χ3v) is 6.22. The summed E-state index contributed by atoms with van der Waals surface area (Å²) in [5, 5.41) is 3.04. The SMILES string of the molecule is CC[C@@H](C)NC(=O)[C@H](CC)N(Cc1ccccc1)C(=O)CSCc1ccc(OC)cc1. The molecule has 1 N–H and O–H groups in total. The van der Waals surface area contributed by atoms with Crippen molar-refractivity contribution >= 4 is 23.6 Å². The van der Waals surface area contributed by atoms with Crippen molar-refractivity contribution in [3.05, 3.63) is 65.7 Å². The lowest BCUT2D eigenvalue weighted by molar-refractivity contribution is -0.139. The molecule has 0 unspecified atom stereocenters. The first-order valence-electron chi connectivity index (χ1n) is 10.8. The minimum absolute atomic E-state index is 0.0199. The van der Waals surface area contributed by atoms with Gasteiger partial charge in [0.25, 0.3) is 0 Å². The number of nitrogens with zero attached hydrogens (tertiary/aromatic N) is 1. The molecule has 0 saturated carbocycles. The van der Waals surface area contributed by atoms with E-state index in [1.54, 1.807) is 23.8 Å². The van der Waals surface area contributed by atoms with E-state index in [0.717, 1.165) is 29.1 Å². The van der Waals surface area contributed by atoms with Crippen LogP contribution in [0, 0.1) is 0 Å². The molecule has 0 aliphatic carbocycles. The van der Waals surface area contributed by atoms with Gasteiger partial charge in [0.15, 0.2) is 0 Å². The Hall–Kier alpha value is -2.47. The highest BCUT2D eigenvalue weighted by Gasteiger charge is 2.29. The van der Waals surface area contributed by atoms with Crippen LogP contribution in [-0.2, 0) is 21.9 Å². The Bertz CT molecular complexity index is 811. The van der Waals surface area contributed by atoms with E-state index in [2.05, 4.69) is 5.32 Å². The fraction of sp³-hybridized carbons (Fsp3) is 0.440. The minimum Gasteiger partial charge on any atom is -0.497 e. The van der Waals surface area contributed by atoms with Crippen LogP contribution in [0.1, 0.15) is 44.7 Å². The maximum Gasteiger partial charge on any atom is 0.243 e. The number of benzene rings is 2. The number of methoxy groups -OCH3 is 1. The van der Waals surface area contributed by atoms with Gasteiger partial charge in [0, 0.05) is 18.3 Å². The number of carbonyl (C=O) groups excluding carboxylic acids is 2. The predicted octanol–water partition coefficient (Wildman–Crippen LogP) is 4.65. The second kappa shape index (κ2) is 13.1. The summed E-state index contributed by atoms with van der Waals surface area (Å²) in [7, 11) is 1.64. The number of hydrogen-bond donors (Lipinski definition) is 1. The van der Waals surface area contributed by atoms with E-state index < -0.39 is 6.04 Å². The second-order valence-corrected chi connectivity index (χ2v) is 8.58. The van der Waals surface area contributed by atoms with E-state index in [1.165, 1.54) is 0 Å². The predicted molar refractivity (Wildman–Crippen MR) is 128 cm³/mol. The molecule has 0 heterocycles. The summed E-state index contributed by atoms with van der Waals surface area (Å²) < 4.78 is 5.19. The van der Waals surface area contributed by atoms with Gasteiger partial charge in [-0.15, -0.1) is 11.8 Å². The molecule has 5 nitrogen and oxygen atoms in total. The molecule has 31 heavy (non-hydrogen) atoms. The molecule has 2 atom stereocenters. The lowest BCUT2D eigenvalue weighted by atomic mass is 10.1. The van der Waals surface area contributed by atoms with E-state index in [4.69, 9.17) is 4.74 Å². The van der Waals surface area contributed by atoms with E-state index >= 15 is 0 Å². The van der Waals surface area contributed by atoms with Crippen LogP contribution in [0.3, 0.4) is 0 Å². The van der Waals surface area contributed by atoms with Gasteiger partial charge in [-0.1, -0.05) is 56.3 Å². The van der Waals surface area contributed by atoms with Gasteiger partial charge < -0.3 is 15.0 Å². The van der Waals surface area contributed by atoms with Crippen molar-refractivity contribution in [1.29, 1.82) is 0 Å². The zero-order valence-electron chi connectivity index (χ0n) is 19.0.